The second-order valence-electron chi connectivity index (χ2n) is 16.6. The molecule has 2 aliphatic heterocycles. The molecule has 56 heavy (non-hydrogen) atoms. The molecule has 14 nitrogen and oxygen atoms in total. The highest BCUT2D eigenvalue weighted by atomic mass is 35.5. The largest absolute Gasteiger partial charge is 0.491 e. The summed E-state index contributed by atoms with van der Waals surface area (Å²) in [6, 6.07) is 3.33. The van der Waals surface area contributed by atoms with Crippen molar-refractivity contribution in [1.29, 1.82) is 0 Å². The zero-order valence-corrected chi connectivity index (χ0v) is 32.9. The summed E-state index contributed by atoms with van der Waals surface area (Å²) in [6.45, 7) is 11.8. The number of halogens is 1. The smallest absolute Gasteiger partial charge is 0.408 e. The Morgan fingerprint density at radius 3 is 2.50 bits per heavy atom. The van der Waals surface area contributed by atoms with E-state index in [-0.39, 0.29) is 30.9 Å². The normalized spacial score (nSPS) is 29.9. The van der Waals surface area contributed by atoms with Crippen LogP contribution in [0.3, 0.4) is 0 Å². The van der Waals surface area contributed by atoms with Crippen LogP contribution in [0.25, 0.3) is 10.9 Å². The van der Waals surface area contributed by atoms with Gasteiger partial charge in [-0.3, -0.25) is 19.5 Å². The third kappa shape index (κ3) is 8.02. The molecule has 3 heterocycles. The molecule has 302 valence electrons. The number of carboxylic acids is 1. The minimum absolute atomic E-state index is 0.000263. The Kier molecular flexibility index (Phi) is 10.8. The van der Waals surface area contributed by atoms with E-state index >= 15 is 0 Å². The molecule has 0 spiro atoms. The number of benzene rings is 1. The topological polar surface area (TPSA) is 169 Å². The predicted octanol–water partition coefficient (Wildman–Crippen LogP) is 4.66. The van der Waals surface area contributed by atoms with Crippen LogP contribution in [-0.4, -0.2) is 120 Å². The number of morpholine rings is 1. The van der Waals surface area contributed by atoms with E-state index in [1.165, 1.54) is 11.3 Å². The maximum atomic E-state index is 14.4. The van der Waals surface area contributed by atoms with E-state index in [1.54, 1.807) is 13.0 Å². The van der Waals surface area contributed by atoms with Gasteiger partial charge in [-0.25, -0.2) is 9.59 Å². The molecule has 2 aromatic rings. The summed E-state index contributed by atoms with van der Waals surface area (Å²) < 4.78 is 24.0. The van der Waals surface area contributed by atoms with Crippen LogP contribution in [0.5, 0.6) is 11.5 Å². The third-order valence-electron chi connectivity index (χ3n) is 12.6. The van der Waals surface area contributed by atoms with E-state index in [0.717, 1.165) is 51.0 Å². The molecular formula is C41H52ClN5O9. The second kappa shape index (κ2) is 15.7. The first-order chi connectivity index (χ1) is 26.9. The van der Waals surface area contributed by atoms with Gasteiger partial charge < -0.3 is 39.6 Å². The number of hydrogen-bond acceptors (Lipinski definition) is 10. The van der Waals surface area contributed by atoms with Crippen LogP contribution >= 0.6 is 11.6 Å². The van der Waals surface area contributed by atoms with Gasteiger partial charge in [-0.05, 0) is 80.9 Å². The Labute approximate surface area is 331 Å². The Morgan fingerprint density at radius 1 is 1.09 bits per heavy atom. The molecule has 1 aromatic heterocycles. The molecule has 6 aliphatic rings. The lowest BCUT2D eigenvalue weighted by Gasteiger charge is -2.29. The van der Waals surface area contributed by atoms with Gasteiger partial charge in [0.1, 0.15) is 53.0 Å². The van der Waals surface area contributed by atoms with Crippen molar-refractivity contribution in [3.8, 4) is 11.5 Å². The van der Waals surface area contributed by atoms with Crippen molar-refractivity contribution >= 4 is 46.4 Å². The lowest BCUT2D eigenvalue weighted by molar-refractivity contribution is -0.145. The van der Waals surface area contributed by atoms with Gasteiger partial charge in [0.25, 0.3) is 0 Å². The van der Waals surface area contributed by atoms with Crippen LogP contribution in [0.2, 0.25) is 5.02 Å². The molecule has 15 heteroatoms. The minimum Gasteiger partial charge on any atom is -0.491 e. The van der Waals surface area contributed by atoms with E-state index in [9.17, 15) is 24.3 Å². The molecule has 8 atom stereocenters. The fourth-order valence-corrected chi connectivity index (χ4v) is 9.16. The number of aliphatic carboxylic acids is 1. The number of pyridine rings is 1. The number of aromatic nitrogens is 1. The fourth-order valence-electron chi connectivity index (χ4n) is 8.90. The van der Waals surface area contributed by atoms with Gasteiger partial charge in [-0.15, -0.1) is 0 Å². The number of rotatable bonds is 15. The molecule has 0 radical (unpaired) electrons. The molecule has 3 N–H and O–H groups in total. The highest BCUT2D eigenvalue weighted by Crippen LogP contribution is 2.52. The van der Waals surface area contributed by atoms with E-state index in [0.29, 0.717) is 77.5 Å². The Bertz CT molecular complexity index is 1890. The van der Waals surface area contributed by atoms with Crippen molar-refractivity contribution in [1.82, 2.24) is 25.4 Å². The van der Waals surface area contributed by atoms with Crippen LogP contribution in [0, 0.1) is 17.8 Å². The number of alkyl carbamates (subject to hydrolysis) is 1. The molecular weight excluding hydrogens is 742 g/mol. The second-order valence-corrected chi connectivity index (χ2v) is 17.0. The number of carboxylic acid groups (broad SMARTS) is 1. The maximum absolute atomic E-state index is 14.4. The number of likely N-dealkylation sites (tertiary alicyclic amines) is 1. The van der Waals surface area contributed by atoms with Gasteiger partial charge in [0, 0.05) is 49.1 Å². The zero-order chi connectivity index (χ0) is 39.3. The van der Waals surface area contributed by atoms with Gasteiger partial charge in [0.2, 0.25) is 11.8 Å². The number of nitrogens with zero attached hydrogens (tertiary/aromatic N) is 3. The number of fused-ring (bicyclic) bond motifs is 2. The first-order valence-electron chi connectivity index (χ1n) is 20.1. The van der Waals surface area contributed by atoms with E-state index in [2.05, 4.69) is 22.1 Å². The number of nitrogens with one attached hydrogen (secondary N) is 2. The van der Waals surface area contributed by atoms with Crippen molar-refractivity contribution in [3.05, 3.63) is 41.1 Å². The quantitative estimate of drug-likeness (QED) is 0.215. The van der Waals surface area contributed by atoms with E-state index in [4.69, 9.17) is 35.5 Å². The van der Waals surface area contributed by atoms with Crippen molar-refractivity contribution in [2.75, 3.05) is 46.0 Å². The standard InChI is InChI=1S/C41H52ClN5O9/c1-4-26-20-41(26,39(50)51)45-37(48)31-18-28(21-47(31)38(49)35(22(2)3)44-40(52)56-27-16-24-15-25(24)17-27)55-33-19-30(23-5-6-23)43-36-29(33)7-8-32(34(36)42)54-14-11-46-9-12-53-13-10-46/h7-8,19,23-28,31,35H,2,4-6,9-18,20-21H2,1,3H3,(H,44,52)(H,45,48)(H,50,51)/t24-,25+,26-,27?,28-,31+,35+,41-/m1/s1. The van der Waals surface area contributed by atoms with Crippen LogP contribution < -0.4 is 20.1 Å². The monoisotopic (exact) mass is 793 g/mol. The van der Waals surface area contributed by atoms with Crippen molar-refractivity contribution < 1.29 is 43.2 Å². The molecule has 4 aliphatic carbocycles. The molecule has 0 bridgehead atoms. The summed E-state index contributed by atoms with van der Waals surface area (Å²) in [4.78, 5) is 62.5. The number of carbonyl (C=O) groups excluding carboxylic acids is 3. The van der Waals surface area contributed by atoms with Gasteiger partial charge >= 0.3 is 12.1 Å². The Hall–Kier alpha value is -4.14. The summed E-state index contributed by atoms with van der Waals surface area (Å²) in [5.74, 6) is 0.0477. The number of amides is 3. The van der Waals surface area contributed by atoms with E-state index in [1.807, 2.05) is 19.1 Å². The Morgan fingerprint density at radius 2 is 1.84 bits per heavy atom. The molecule has 1 unspecified atom stereocenters. The average Bonchev–Trinajstić information content (AvgIpc) is 4.14. The average molecular weight is 794 g/mol. The van der Waals surface area contributed by atoms with Crippen LogP contribution in [-0.2, 0) is 23.9 Å². The summed E-state index contributed by atoms with van der Waals surface area (Å²) >= 11 is 6.98. The molecule has 6 fully saturated rings. The summed E-state index contributed by atoms with van der Waals surface area (Å²) in [6.07, 6.45) is 4.20. The third-order valence-corrected chi connectivity index (χ3v) is 12.9. The summed E-state index contributed by atoms with van der Waals surface area (Å²) in [7, 11) is 0. The fraction of sp³-hybridized carbons (Fsp3) is 0.634. The lowest BCUT2D eigenvalue weighted by Crippen LogP contribution is -2.56. The molecule has 3 amide bonds. The first kappa shape index (κ1) is 38.7. The van der Waals surface area contributed by atoms with E-state index < -0.39 is 47.6 Å². The highest BCUT2D eigenvalue weighted by molar-refractivity contribution is 6.36. The van der Waals surface area contributed by atoms with Crippen molar-refractivity contribution in [3.63, 3.8) is 0 Å². The molecule has 1 aromatic carbocycles. The lowest BCUT2D eigenvalue weighted by atomic mass is 10.1. The van der Waals surface area contributed by atoms with Crippen molar-refractivity contribution in [2.45, 2.75) is 101 Å². The summed E-state index contributed by atoms with van der Waals surface area (Å²) in [5.41, 5.74) is 0.359. The van der Waals surface area contributed by atoms with Crippen LogP contribution in [0.1, 0.15) is 76.8 Å². The van der Waals surface area contributed by atoms with Crippen molar-refractivity contribution in [2.24, 2.45) is 17.8 Å². The highest BCUT2D eigenvalue weighted by Gasteiger charge is 2.61. The zero-order valence-electron chi connectivity index (χ0n) is 32.1. The first-order valence-corrected chi connectivity index (χ1v) is 20.5. The van der Waals surface area contributed by atoms with Crippen LogP contribution in [0.4, 0.5) is 4.79 Å². The minimum atomic E-state index is -1.39. The molecule has 2 saturated heterocycles. The molecule has 4 saturated carbocycles. The number of ether oxygens (including phenoxy) is 4. The SMILES string of the molecule is C=C(C)[C@H](NC(=O)OC1C[C@@H]2C[C@@H]2C1)C(=O)N1C[C@H](Oc2cc(C3CC3)nc3c(Cl)c(OCCN4CCOCC4)ccc23)C[C@H]1C(=O)N[C@]1(C(=O)O)C[C@H]1CC. The van der Waals surface area contributed by atoms with Crippen LogP contribution in [0.15, 0.2) is 30.4 Å². The maximum Gasteiger partial charge on any atom is 0.408 e. The van der Waals surface area contributed by atoms with Gasteiger partial charge in [0.05, 0.1) is 25.3 Å². The number of hydrogen-bond donors (Lipinski definition) is 3. The van der Waals surface area contributed by atoms with Gasteiger partial charge in [-0.2, -0.15) is 0 Å². The predicted molar refractivity (Wildman–Crippen MR) is 206 cm³/mol. The Balaban J connectivity index is 1.03. The van der Waals surface area contributed by atoms with Gasteiger partial charge in [-0.1, -0.05) is 31.5 Å². The molecule has 8 rings (SSSR count). The summed E-state index contributed by atoms with van der Waals surface area (Å²) in [5, 5.41) is 16.6. The number of carbonyl (C=O) groups is 4. The van der Waals surface area contributed by atoms with Gasteiger partial charge in [0.15, 0.2) is 0 Å².